The Morgan fingerprint density at radius 3 is 2.42 bits per heavy atom. The highest BCUT2D eigenvalue weighted by atomic mass is 35.5. The van der Waals surface area contributed by atoms with Gasteiger partial charge in [-0.25, -0.2) is 0 Å². The zero-order chi connectivity index (χ0) is 12.8. The van der Waals surface area contributed by atoms with Crippen molar-refractivity contribution in [2.45, 2.75) is 37.6 Å². The van der Waals surface area contributed by atoms with Crippen LogP contribution in [-0.4, -0.2) is 55.1 Å². The summed E-state index contributed by atoms with van der Waals surface area (Å²) in [5, 5.41) is 2.99. The molecule has 0 unspecified atom stereocenters. The predicted octanol–water partition coefficient (Wildman–Crippen LogP) is 1.80. The number of alkyl halides is 1. The van der Waals surface area contributed by atoms with E-state index in [1.165, 1.54) is 32.1 Å². The summed E-state index contributed by atoms with van der Waals surface area (Å²) in [5.41, 5.74) is 0.143. The zero-order valence-electron chi connectivity index (χ0n) is 11.3. The Morgan fingerprint density at radius 2 is 1.84 bits per heavy atom. The van der Waals surface area contributed by atoms with Gasteiger partial charge in [0.2, 0.25) is 5.91 Å². The third-order valence-electron chi connectivity index (χ3n) is 4.20. The SMILES string of the molecule is Cl.O=C(CCl)NCC1(N2CCOCC2)CCCCC1. The molecule has 1 aliphatic heterocycles. The van der Waals surface area contributed by atoms with E-state index in [-0.39, 0.29) is 29.7 Å². The van der Waals surface area contributed by atoms with Crippen LogP contribution in [0.15, 0.2) is 0 Å². The minimum absolute atomic E-state index is 0. The Labute approximate surface area is 126 Å². The summed E-state index contributed by atoms with van der Waals surface area (Å²) in [6.45, 7) is 4.32. The standard InChI is InChI=1S/C13H23ClN2O2.ClH/c14-10-12(17)15-11-13(4-2-1-3-5-13)16-6-8-18-9-7-16;/h1-11H2,(H,15,17);1H. The van der Waals surface area contributed by atoms with E-state index in [2.05, 4.69) is 10.2 Å². The largest absolute Gasteiger partial charge is 0.379 e. The lowest BCUT2D eigenvalue weighted by Gasteiger charge is -2.48. The summed E-state index contributed by atoms with van der Waals surface area (Å²) < 4.78 is 5.43. The van der Waals surface area contributed by atoms with Crippen molar-refractivity contribution in [2.75, 3.05) is 38.7 Å². The van der Waals surface area contributed by atoms with Crippen LogP contribution < -0.4 is 5.32 Å². The number of hydrogen-bond donors (Lipinski definition) is 1. The van der Waals surface area contributed by atoms with Crippen LogP contribution in [0.4, 0.5) is 0 Å². The maximum atomic E-state index is 11.4. The average Bonchev–Trinajstić information content (AvgIpc) is 2.46. The molecule has 0 spiro atoms. The van der Waals surface area contributed by atoms with Gasteiger partial charge in [-0.15, -0.1) is 24.0 Å². The van der Waals surface area contributed by atoms with Crippen LogP contribution in [0, 0.1) is 0 Å². The van der Waals surface area contributed by atoms with Gasteiger partial charge in [0.05, 0.1) is 13.2 Å². The zero-order valence-corrected chi connectivity index (χ0v) is 12.9. The van der Waals surface area contributed by atoms with Crippen molar-refractivity contribution in [1.29, 1.82) is 0 Å². The lowest BCUT2D eigenvalue weighted by atomic mass is 9.79. The molecule has 1 amide bonds. The first-order chi connectivity index (χ1) is 8.77. The Bertz CT molecular complexity index is 278. The van der Waals surface area contributed by atoms with Crippen LogP contribution in [-0.2, 0) is 9.53 Å². The van der Waals surface area contributed by atoms with E-state index >= 15 is 0 Å². The maximum absolute atomic E-state index is 11.4. The summed E-state index contributed by atoms with van der Waals surface area (Å²) >= 11 is 5.56. The molecule has 0 atom stereocenters. The molecule has 0 aromatic carbocycles. The van der Waals surface area contributed by atoms with E-state index in [0.717, 1.165) is 32.8 Å². The fourth-order valence-corrected chi connectivity index (χ4v) is 3.26. The third kappa shape index (κ3) is 4.48. The molecule has 1 aliphatic carbocycles. The Kier molecular flexibility index (Phi) is 7.44. The van der Waals surface area contributed by atoms with Crippen LogP contribution in [0.2, 0.25) is 0 Å². The fraction of sp³-hybridized carbons (Fsp3) is 0.923. The minimum Gasteiger partial charge on any atom is -0.379 e. The molecule has 2 fully saturated rings. The second-order valence-electron chi connectivity index (χ2n) is 5.29. The van der Waals surface area contributed by atoms with E-state index in [9.17, 15) is 4.79 Å². The van der Waals surface area contributed by atoms with Gasteiger partial charge in [0, 0.05) is 25.2 Å². The normalized spacial score (nSPS) is 23.4. The molecule has 1 N–H and O–H groups in total. The molecule has 1 saturated carbocycles. The lowest BCUT2D eigenvalue weighted by Crippen LogP contribution is -2.59. The Balaban J connectivity index is 0.00000180. The van der Waals surface area contributed by atoms with Gasteiger partial charge in [0.15, 0.2) is 0 Å². The van der Waals surface area contributed by atoms with Crippen LogP contribution in [0.25, 0.3) is 0 Å². The van der Waals surface area contributed by atoms with Gasteiger partial charge in [-0.05, 0) is 12.8 Å². The van der Waals surface area contributed by atoms with Gasteiger partial charge < -0.3 is 10.1 Å². The molecule has 2 aliphatic rings. The van der Waals surface area contributed by atoms with E-state index in [1.54, 1.807) is 0 Å². The van der Waals surface area contributed by atoms with Crippen molar-refractivity contribution < 1.29 is 9.53 Å². The molecule has 0 aromatic rings. The number of rotatable bonds is 4. The number of nitrogens with one attached hydrogen (secondary N) is 1. The number of ether oxygens (including phenoxy) is 1. The van der Waals surface area contributed by atoms with Crippen molar-refractivity contribution in [3.63, 3.8) is 0 Å². The summed E-state index contributed by atoms with van der Waals surface area (Å²) in [4.78, 5) is 13.9. The van der Waals surface area contributed by atoms with E-state index in [4.69, 9.17) is 16.3 Å². The molecule has 0 aromatic heterocycles. The molecule has 2 rings (SSSR count). The molecule has 6 heteroatoms. The Morgan fingerprint density at radius 1 is 1.21 bits per heavy atom. The number of morpholine rings is 1. The van der Waals surface area contributed by atoms with Gasteiger partial charge in [0.25, 0.3) is 0 Å². The van der Waals surface area contributed by atoms with E-state index in [0.29, 0.717) is 0 Å². The summed E-state index contributed by atoms with van der Waals surface area (Å²) in [5.74, 6) is -0.00555. The highest BCUT2D eigenvalue weighted by molar-refractivity contribution is 6.27. The first-order valence-electron chi connectivity index (χ1n) is 6.92. The number of nitrogens with zero attached hydrogens (tertiary/aromatic N) is 1. The van der Waals surface area contributed by atoms with E-state index in [1.807, 2.05) is 0 Å². The number of carbonyl (C=O) groups excluding carboxylic acids is 1. The smallest absolute Gasteiger partial charge is 0.234 e. The predicted molar refractivity (Wildman–Crippen MR) is 79.2 cm³/mol. The van der Waals surface area contributed by atoms with Crippen LogP contribution in [0.1, 0.15) is 32.1 Å². The van der Waals surface area contributed by atoms with Crippen molar-refractivity contribution in [2.24, 2.45) is 0 Å². The number of carbonyl (C=O) groups is 1. The number of halogens is 2. The Hall–Kier alpha value is -0.0300. The summed E-state index contributed by atoms with van der Waals surface area (Å²) in [7, 11) is 0. The molecular formula is C13H24Cl2N2O2. The highest BCUT2D eigenvalue weighted by Crippen LogP contribution is 2.33. The van der Waals surface area contributed by atoms with E-state index < -0.39 is 0 Å². The highest BCUT2D eigenvalue weighted by Gasteiger charge is 2.38. The average molecular weight is 311 g/mol. The minimum atomic E-state index is -0.0603. The molecule has 112 valence electrons. The molecule has 19 heavy (non-hydrogen) atoms. The van der Waals surface area contributed by atoms with Gasteiger partial charge >= 0.3 is 0 Å². The topological polar surface area (TPSA) is 41.6 Å². The monoisotopic (exact) mass is 310 g/mol. The molecule has 4 nitrogen and oxygen atoms in total. The van der Waals surface area contributed by atoms with Crippen molar-refractivity contribution in [3.8, 4) is 0 Å². The van der Waals surface area contributed by atoms with Crippen molar-refractivity contribution >= 4 is 29.9 Å². The van der Waals surface area contributed by atoms with Gasteiger partial charge in [-0.1, -0.05) is 19.3 Å². The third-order valence-corrected chi connectivity index (χ3v) is 4.44. The molecular weight excluding hydrogens is 287 g/mol. The fourth-order valence-electron chi connectivity index (χ4n) is 3.16. The van der Waals surface area contributed by atoms with Crippen LogP contribution in [0.3, 0.4) is 0 Å². The van der Waals surface area contributed by atoms with Gasteiger partial charge in [-0.3, -0.25) is 9.69 Å². The number of amides is 1. The van der Waals surface area contributed by atoms with Crippen LogP contribution in [0.5, 0.6) is 0 Å². The van der Waals surface area contributed by atoms with Crippen molar-refractivity contribution in [1.82, 2.24) is 10.2 Å². The lowest BCUT2D eigenvalue weighted by molar-refractivity contribution is -0.120. The quantitative estimate of drug-likeness (QED) is 0.805. The molecule has 0 bridgehead atoms. The van der Waals surface area contributed by atoms with Crippen LogP contribution >= 0.6 is 24.0 Å². The van der Waals surface area contributed by atoms with Gasteiger partial charge in [0.1, 0.15) is 5.88 Å². The molecule has 1 saturated heterocycles. The first-order valence-corrected chi connectivity index (χ1v) is 7.46. The summed E-state index contributed by atoms with van der Waals surface area (Å²) in [6.07, 6.45) is 6.18. The second kappa shape index (κ2) is 8.30. The number of hydrogen-bond acceptors (Lipinski definition) is 3. The van der Waals surface area contributed by atoms with Crippen molar-refractivity contribution in [3.05, 3.63) is 0 Å². The maximum Gasteiger partial charge on any atom is 0.234 e. The first kappa shape index (κ1) is 17.0. The molecule has 1 heterocycles. The van der Waals surface area contributed by atoms with Gasteiger partial charge in [-0.2, -0.15) is 0 Å². The summed E-state index contributed by atoms with van der Waals surface area (Å²) in [6, 6.07) is 0. The molecule has 0 radical (unpaired) electrons. The second-order valence-corrected chi connectivity index (χ2v) is 5.56.